The van der Waals surface area contributed by atoms with Crippen LogP contribution in [0.15, 0.2) is 59.6 Å². The SMILES string of the molecule is CN=C(NCC(C)Oc1cccc(F)c1)NC1CCN(Cc2ccccc2)CC1. The predicted molar refractivity (Wildman–Crippen MR) is 116 cm³/mol. The molecule has 1 aliphatic rings. The second-order valence-electron chi connectivity index (χ2n) is 7.52. The number of hydrogen-bond donors (Lipinski definition) is 2. The number of benzene rings is 2. The van der Waals surface area contributed by atoms with E-state index in [4.69, 9.17) is 4.74 Å². The first-order valence-corrected chi connectivity index (χ1v) is 10.3. The fraction of sp³-hybridized carbons (Fsp3) is 0.435. The van der Waals surface area contributed by atoms with Crippen molar-refractivity contribution in [3.63, 3.8) is 0 Å². The summed E-state index contributed by atoms with van der Waals surface area (Å²) in [4.78, 5) is 6.83. The Labute approximate surface area is 173 Å². The maximum absolute atomic E-state index is 13.3. The molecule has 1 heterocycles. The lowest BCUT2D eigenvalue weighted by atomic mass is 10.0. The fourth-order valence-corrected chi connectivity index (χ4v) is 3.52. The molecule has 1 aliphatic heterocycles. The minimum atomic E-state index is -0.293. The topological polar surface area (TPSA) is 48.9 Å². The number of nitrogens with zero attached hydrogens (tertiary/aromatic N) is 2. The smallest absolute Gasteiger partial charge is 0.191 e. The minimum Gasteiger partial charge on any atom is -0.489 e. The molecule has 2 N–H and O–H groups in total. The number of rotatable bonds is 7. The number of piperidine rings is 1. The quantitative estimate of drug-likeness (QED) is 0.554. The van der Waals surface area contributed by atoms with Gasteiger partial charge in [-0.25, -0.2) is 4.39 Å². The number of guanidine groups is 1. The van der Waals surface area contributed by atoms with Crippen LogP contribution in [0.5, 0.6) is 5.75 Å². The molecule has 0 aliphatic carbocycles. The molecule has 1 unspecified atom stereocenters. The standard InChI is InChI=1S/C23H31FN4O/c1-18(29-22-10-6-9-20(24)15-22)16-26-23(25-2)27-21-11-13-28(14-12-21)17-19-7-4-3-5-8-19/h3-10,15,18,21H,11-14,16-17H2,1-2H3,(H2,25,26,27). The van der Waals surface area contributed by atoms with Gasteiger partial charge in [0.05, 0.1) is 6.54 Å². The van der Waals surface area contributed by atoms with Crippen molar-refractivity contribution in [2.45, 2.75) is 38.5 Å². The van der Waals surface area contributed by atoms with Crippen LogP contribution in [0.25, 0.3) is 0 Å². The highest BCUT2D eigenvalue weighted by atomic mass is 19.1. The molecule has 3 rings (SSSR count). The Morgan fingerprint density at radius 2 is 1.93 bits per heavy atom. The molecule has 156 valence electrons. The largest absolute Gasteiger partial charge is 0.489 e. The Balaban J connectivity index is 1.38. The summed E-state index contributed by atoms with van der Waals surface area (Å²) in [6.45, 7) is 5.69. The maximum Gasteiger partial charge on any atom is 0.191 e. The van der Waals surface area contributed by atoms with E-state index in [0.29, 0.717) is 18.3 Å². The summed E-state index contributed by atoms with van der Waals surface area (Å²) < 4.78 is 19.0. The molecule has 0 spiro atoms. The van der Waals surface area contributed by atoms with Crippen LogP contribution in [0.1, 0.15) is 25.3 Å². The van der Waals surface area contributed by atoms with Crippen molar-refractivity contribution in [1.29, 1.82) is 0 Å². The average molecular weight is 399 g/mol. The Morgan fingerprint density at radius 3 is 2.62 bits per heavy atom. The summed E-state index contributed by atoms with van der Waals surface area (Å²) in [6.07, 6.45) is 2.06. The molecule has 0 saturated carbocycles. The molecule has 6 heteroatoms. The number of aliphatic imine (C=N–C) groups is 1. The summed E-state index contributed by atoms with van der Waals surface area (Å²) >= 11 is 0. The Hall–Kier alpha value is -2.60. The molecule has 0 radical (unpaired) electrons. The lowest BCUT2D eigenvalue weighted by Gasteiger charge is -2.33. The molecule has 1 fully saturated rings. The zero-order valence-electron chi connectivity index (χ0n) is 17.3. The molecule has 0 bridgehead atoms. The normalized spacial score (nSPS) is 17.0. The lowest BCUT2D eigenvalue weighted by Crippen LogP contribution is -2.49. The fourth-order valence-electron chi connectivity index (χ4n) is 3.52. The number of halogens is 1. The van der Waals surface area contributed by atoms with E-state index in [0.717, 1.165) is 38.4 Å². The highest BCUT2D eigenvalue weighted by Crippen LogP contribution is 2.15. The highest BCUT2D eigenvalue weighted by Gasteiger charge is 2.20. The van der Waals surface area contributed by atoms with Crippen molar-refractivity contribution in [1.82, 2.24) is 15.5 Å². The van der Waals surface area contributed by atoms with Crippen LogP contribution in [0, 0.1) is 5.82 Å². The van der Waals surface area contributed by atoms with E-state index in [9.17, 15) is 4.39 Å². The van der Waals surface area contributed by atoms with Crippen LogP contribution in [0.4, 0.5) is 4.39 Å². The second-order valence-corrected chi connectivity index (χ2v) is 7.52. The third-order valence-corrected chi connectivity index (χ3v) is 5.09. The second kappa shape index (κ2) is 10.8. The van der Waals surface area contributed by atoms with Gasteiger partial charge < -0.3 is 15.4 Å². The van der Waals surface area contributed by atoms with E-state index in [2.05, 4.69) is 50.9 Å². The van der Waals surface area contributed by atoms with E-state index in [1.54, 1.807) is 19.2 Å². The highest BCUT2D eigenvalue weighted by molar-refractivity contribution is 5.80. The van der Waals surface area contributed by atoms with E-state index < -0.39 is 0 Å². The van der Waals surface area contributed by atoms with E-state index in [-0.39, 0.29) is 11.9 Å². The van der Waals surface area contributed by atoms with Gasteiger partial charge in [-0.2, -0.15) is 0 Å². The maximum atomic E-state index is 13.3. The van der Waals surface area contributed by atoms with Gasteiger partial charge in [-0.05, 0) is 37.5 Å². The van der Waals surface area contributed by atoms with Gasteiger partial charge in [0.1, 0.15) is 17.7 Å². The van der Waals surface area contributed by atoms with Crippen molar-refractivity contribution >= 4 is 5.96 Å². The Kier molecular flexibility index (Phi) is 7.87. The summed E-state index contributed by atoms with van der Waals surface area (Å²) in [5.41, 5.74) is 1.36. The van der Waals surface area contributed by atoms with Gasteiger partial charge in [-0.3, -0.25) is 9.89 Å². The molecule has 2 aromatic rings. The number of ether oxygens (including phenoxy) is 1. The van der Waals surface area contributed by atoms with Crippen molar-refractivity contribution in [2.75, 3.05) is 26.7 Å². The molecule has 29 heavy (non-hydrogen) atoms. The molecule has 5 nitrogen and oxygen atoms in total. The first-order chi connectivity index (χ1) is 14.1. The van der Waals surface area contributed by atoms with E-state index in [1.165, 1.54) is 17.7 Å². The number of hydrogen-bond acceptors (Lipinski definition) is 3. The van der Waals surface area contributed by atoms with Crippen molar-refractivity contribution < 1.29 is 9.13 Å². The molecule has 2 aromatic carbocycles. The summed E-state index contributed by atoms with van der Waals surface area (Å²) in [5, 5.41) is 6.82. The van der Waals surface area contributed by atoms with Crippen LogP contribution in [0.3, 0.4) is 0 Å². The first kappa shape index (κ1) is 21.1. The third-order valence-electron chi connectivity index (χ3n) is 5.09. The molecule has 1 atom stereocenters. The van der Waals surface area contributed by atoms with Gasteiger partial charge in [-0.1, -0.05) is 36.4 Å². The van der Waals surface area contributed by atoms with Crippen LogP contribution in [0.2, 0.25) is 0 Å². The van der Waals surface area contributed by atoms with Gasteiger partial charge in [0.25, 0.3) is 0 Å². The van der Waals surface area contributed by atoms with Gasteiger partial charge in [-0.15, -0.1) is 0 Å². The number of likely N-dealkylation sites (tertiary alicyclic amines) is 1. The van der Waals surface area contributed by atoms with Crippen LogP contribution in [-0.2, 0) is 6.54 Å². The van der Waals surface area contributed by atoms with Crippen LogP contribution >= 0.6 is 0 Å². The number of nitrogens with one attached hydrogen (secondary N) is 2. The van der Waals surface area contributed by atoms with Crippen molar-refractivity contribution in [3.05, 3.63) is 66.0 Å². The van der Waals surface area contributed by atoms with E-state index >= 15 is 0 Å². The van der Waals surface area contributed by atoms with Crippen molar-refractivity contribution in [3.8, 4) is 5.75 Å². The molecule has 0 amide bonds. The summed E-state index contributed by atoms with van der Waals surface area (Å²) in [6, 6.07) is 17.2. The van der Waals surface area contributed by atoms with Gasteiger partial charge in [0.2, 0.25) is 0 Å². The molecular weight excluding hydrogens is 367 g/mol. The van der Waals surface area contributed by atoms with Gasteiger partial charge in [0, 0.05) is 38.8 Å². The summed E-state index contributed by atoms with van der Waals surface area (Å²) in [7, 11) is 1.78. The molecule has 1 saturated heterocycles. The Morgan fingerprint density at radius 1 is 1.17 bits per heavy atom. The lowest BCUT2D eigenvalue weighted by molar-refractivity contribution is 0.197. The van der Waals surface area contributed by atoms with E-state index in [1.807, 2.05) is 6.92 Å². The van der Waals surface area contributed by atoms with Crippen LogP contribution < -0.4 is 15.4 Å². The Bertz CT molecular complexity index is 775. The molecule has 0 aromatic heterocycles. The third kappa shape index (κ3) is 7.06. The first-order valence-electron chi connectivity index (χ1n) is 10.3. The van der Waals surface area contributed by atoms with Crippen molar-refractivity contribution in [2.24, 2.45) is 4.99 Å². The average Bonchev–Trinajstić information content (AvgIpc) is 2.73. The molecular formula is C23H31FN4O. The van der Waals surface area contributed by atoms with Gasteiger partial charge in [0.15, 0.2) is 5.96 Å². The minimum absolute atomic E-state index is 0.108. The van der Waals surface area contributed by atoms with Crippen LogP contribution in [-0.4, -0.2) is 49.7 Å². The predicted octanol–water partition coefficient (Wildman–Crippen LogP) is 3.42. The van der Waals surface area contributed by atoms with Gasteiger partial charge >= 0.3 is 0 Å². The summed E-state index contributed by atoms with van der Waals surface area (Å²) in [5.74, 6) is 1.02. The monoisotopic (exact) mass is 398 g/mol. The zero-order chi connectivity index (χ0) is 20.5. The zero-order valence-corrected chi connectivity index (χ0v) is 17.3.